The Balaban J connectivity index is 2.31. The summed E-state index contributed by atoms with van der Waals surface area (Å²) < 4.78 is 40.7. The van der Waals surface area contributed by atoms with Gasteiger partial charge in [0.15, 0.2) is 0 Å². The SMILES string of the molecule is Cc1cc(S(=O)(=O)NC2(C#N)CCCC(C)C2)ccc1F. The van der Waals surface area contributed by atoms with Crippen LogP contribution in [0.15, 0.2) is 23.1 Å². The maximum atomic E-state index is 13.3. The molecule has 1 fully saturated rings. The minimum atomic E-state index is -3.83. The summed E-state index contributed by atoms with van der Waals surface area (Å²) in [6.45, 7) is 3.53. The maximum absolute atomic E-state index is 13.3. The number of nitrogens with zero attached hydrogens (tertiary/aromatic N) is 1. The number of hydrogen-bond donors (Lipinski definition) is 1. The number of benzene rings is 1. The van der Waals surface area contributed by atoms with Crippen molar-refractivity contribution in [2.24, 2.45) is 5.92 Å². The Hall–Kier alpha value is -1.45. The lowest BCUT2D eigenvalue weighted by Crippen LogP contribution is -2.49. The predicted molar refractivity (Wildman–Crippen MR) is 77.4 cm³/mol. The maximum Gasteiger partial charge on any atom is 0.241 e. The second-order valence-corrected chi connectivity index (χ2v) is 7.59. The van der Waals surface area contributed by atoms with Crippen molar-refractivity contribution in [1.82, 2.24) is 4.72 Å². The third-order valence-corrected chi connectivity index (χ3v) is 5.51. The van der Waals surface area contributed by atoms with Gasteiger partial charge < -0.3 is 0 Å². The summed E-state index contributed by atoms with van der Waals surface area (Å²) in [5.74, 6) is -0.147. The van der Waals surface area contributed by atoms with Crippen molar-refractivity contribution >= 4 is 10.0 Å². The molecule has 1 aliphatic rings. The fraction of sp³-hybridized carbons (Fsp3) is 0.533. The summed E-state index contributed by atoms with van der Waals surface area (Å²) in [6, 6.07) is 5.78. The molecule has 0 saturated heterocycles. The Morgan fingerprint density at radius 2 is 2.19 bits per heavy atom. The van der Waals surface area contributed by atoms with Crippen molar-refractivity contribution in [2.45, 2.75) is 50.0 Å². The summed E-state index contributed by atoms with van der Waals surface area (Å²) in [4.78, 5) is -0.00532. The minimum Gasteiger partial charge on any atom is -0.207 e. The van der Waals surface area contributed by atoms with Crippen LogP contribution in [0.5, 0.6) is 0 Å². The fourth-order valence-electron chi connectivity index (χ4n) is 2.87. The Labute approximate surface area is 125 Å². The van der Waals surface area contributed by atoms with Gasteiger partial charge in [0.2, 0.25) is 10.0 Å². The van der Waals surface area contributed by atoms with Gasteiger partial charge in [-0.05, 0) is 49.4 Å². The highest BCUT2D eigenvalue weighted by molar-refractivity contribution is 7.89. The molecule has 0 amide bonds. The zero-order valence-corrected chi connectivity index (χ0v) is 13.0. The number of hydrogen-bond acceptors (Lipinski definition) is 3. The quantitative estimate of drug-likeness (QED) is 0.933. The summed E-state index contributed by atoms with van der Waals surface area (Å²) in [5, 5.41) is 9.43. The molecule has 0 aromatic heterocycles. The summed E-state index contributed by atoms with van der Waals surface area (Å²) in [5.41, 5.74) is -0.792. The van der Waals surface area contributed by atoms with Crippen LogP contribution in [0.25, 0.3) is 0 Å². The van der Waals surface area contributed by atoms with Gasteiger partial charge in [-0.3, -0.25) is 0 Å². The van der Waals surface area contributed by atoms with Crippen LogP contribution in [0.4, 0.5) is 4.39 Å². The van der Waals surface area contributed by atoms with Crippen molar-refractivity contribution in [3.8, 4) is 6.07 Å². The van der Waals surface area contributed by atoms with Gasteiger partial charge in [-0.25, -0.2) is 12.8 Å². The van der Waals surface area contributed by atoms with Crippen LogP contribution < -0.4 is 4.72 Å². The van der Waals surface area contributed by atoms with Gasteiger partial charge in [-0.1, -0.05) is 19.8 Å². The lowest BCUT2D eigenvalue weighted by atomic mass is 9.78. The first-order chi connectivity index (χ1) is 9.78. The number of sulfonamides is 1. The van der Waals surface area contributed by atoms with Gasteiger partial charge in [-0.15, -0.1) is 0 Å². The molecule has 114 valence electrons. The molecule has 4 nitrogen and oxygen atoms in total. The Morgan fingerprint density at radius 1 is 1.48 bits per heavy atom. The lowest BCUT2D eigenvalue weighted by molar-refractivity contribution is 0.270. The van der Waals surface area contributed by atoms with E-state index >= 15 is 0 Å². The summed E-state index contributed by atoms with van der Waals surface area (Å²) >= 11 is 0. The molecule has 2 rings (SSSR count). The topological polar surface area (TPSA) is 70.0 Å². The molecule has 1 N–H and O–H groups in total. The number of aryl methyl sites for hydroxylation is 1. The molecule has 1 saturated carbocycles. The van der Waals surface area contributed by atoms with E-state index in [1.165, 1.54) is 19.1 Å². The minimum absolute atomic E-state index is 0.00532. The monoisotopic (exact) mass is 310 g/mol. The lowest BCUT2D eigenvalue weighted by Gasteiger charge is -2.34. The highest BCUT2D eigenvalue weighted by Gasteiger charge is 2.39. The molecule has 1 aromatic rings. The van der Waals surface area contributed by atoms with Crippen LogP contribution in [0.3, 0.4) is 0 Å². The normalized spacial score (nSPS) is 26.3. The van der Waals surface area contributed by atoms with Crippen LogP contribution in [-0.4, -0.2) is 14.0 Å². The average Bonchev–Trinajstić information content (AvgIpc) is 2.41. The van der Waals surface area contributed by atoms with Gasteiger partial charge in [0, 0.05) is 0 Å². The van der Waals surface area contributed by atoms with Gasteiger partial charge in [0.25, 0.3) is 0 Å². The highest BCUT2D eigenvalue weighted by Crippen LogP contribution is 2.33. The fourth-order valence-corrected chi connectivity index (χ4v) is 4.31. The number of rotatable bonds is 3. The van der Waals surface area contributed by atoms with E-state index in [2.05, 4.69) is 10.8 Å². The molecule has 1 aromatic carbocycles. The molecule has 2 unspecified atom stereocenters. The standard InChI is InChI=1S/C15H19FN2O2S/c1-11-4-3-7-15(9-11,10-17)18-21(19,20)13-5-6-14(16)12(2)8-13/h5-6,8,11,18H,3-4,7,9H2,1-2H3. The second-order valence-electron chi connectivity index (χ2n) is 5.91. The molecule has 0 aliphatic heterocycles. The number of halogens is 1. The van der Waals surface area contributed by atoms with Crippen molar-refractivity contribution in [2.75, 3.05) is 0 Å². The van der Waals surface area contributed by atoms with Gasteiger partial charge in [-0.2, -0.15) is 9.98 Å². The van der Waals surface area contributed by atoms with Crippen LogP contribution in [0, 0.1) is 30.0 Å². The van der Waals surface area contributed by atoms with E-state index in [1.54, 1.807) is 0 Å². The third kappa shape index (κ3) is 3.42. The highest BCUT2D eigenvalue weighted by atomic mass is 32.2. The third-order valence-electron chi connectivity index (χ3n) is 3.98. The molecule has 21 heavy (non-hydrogen) atoms. The van der Waals surface area contributed by atoms with E-state index in [1.807, 2.05) is 6.92 Å². The zero-order chi connectivity index (χ0) is 15.7. The molecular weight excluding hydrogens is 291 g/mol. The van der Waals surface area contributed by atoms with Crippen LogP contribution in [0.2, 0.25) is 0 Å². The van der Waals surface area contributed by atoms with E-state index in [9.17, 15) is 18.1 Å². The molecule has 0 bridgehead atoms. The Morgan fingerprint density at radius 3 is 2.76 bits per heavy atom. The molecule has 0 heterocycles. The van der Waals surface area contributed by atoms with E-state index in [-0.39, 0.29) is 10.5 Å². The molecule has 6 heteroatoms. The van der Waals surface area contributed by atoms with E-state index in [4.69, 9.17) is 0 Å². The first kappa shape index (κ1) is 15.9. The Bertz CT molecular complexity index is 681. The van der Waals surface area contributed by atoms with Gasteiger partial charge in [0.05, 0.1) is 11.0 Å². The van der Waals surface area contributed by atoms with Crippen molar-refractivity contribution in [1.29, 1.82) is 5.26 Å². The average molecular weight is 310 g/mol. The molecular formula is C15H19FN2O2S. The molecule has 0 radical (unpaired) electrons. The summed E-state index contributed by atoms with van der Waals surface area (Å²) in [6.07, 6.45) is 2.83. The van der Waals surface area contributed by atoms with Crippen LogP contribution >= 0.6 is 0 Å². The van der Waals surface area contributed by atoms with E-state index in [0.29, 0.717) is 18.8 Å². The number of nitrogens with one attached hydrogen (secondary N) is 1. The first-order valence-corrected chi connectivity index (χ1v) is 8.48. The van der Waals surface area contributed by atoms with Gasteiger partial charge >= 0.3 is 0 Å². The van der Waals surface area contributed by atoms with Crippen molar-refractivity contribution in [3.05, 3.63) is 29.6 Å². The second kappa shape index (κ2) is 5.74. The van der Waals surface area contributed by atoms with Crippen molar-refractivity contribution < 1.29 is 12.8 Å². The van der Waals surface area contributed by atoms with E-state index < -0.39 is 21.4 Å². The zero-order valence-electron chi connectivity index (χ0n) is 12.2. The smallest absolute Gasteiger partial charge is 0.207 e. The van der Waals surface area contributed by atoms with Crippen molar-refractivity contribution in [3.63, 3.8) is 0 Å². The summed E-state index contributed by atoms with van der Waals surface area (Å²) in [7, 11) is -3.83. The molecule has 0 spiro atoms. The van der Waals surface area contributed by atoms with Crippen LogP contribution in [-0.2, 0) is 10.0 Å². The number of nitriles is 1. The van der Waals surface area contributed by atoms with Gasteiger partial charge in [0.1, 0.15) is 11.4 Å². The predicted octanol–water partition coefficient (Wildman–Crippen LogP) is 2.88. The molecule has 2 atom stereocenters. The first-order valence-electron chi connectivity index (χ1n) is 6.99. The van der Waals surface area contributed by atoms with Crippen LogP contribution in [0.1, 0.15) is 38.2 Å². The molecule has 1 aliphatic carbocycles. The van der Waals surface area contributed by atoms with E-state index in [0.717, 1.165) is 18.9 Å². The largest absolute Gasteiger partial charge is 0.241 e. The Kier molecular flexibility index (Phi) is 4.35.